The highest BCUT2D eigenvalue weighted by Gasteiger charge is 2.48. The molecule has 2 fully saturated rings. The predicted molar refractivity (Wildman–Crippen MR) is 118 cm³/mol. The van der Waals surface area contributed by atoms with Crippen LogP contribution in [0.4, 0.5) is 0 Å². The van der Waals surface area contributed by atoms with Crippen molar-refractivity contribution >= 4 is 29.1 Å². The Morgan fingerprint density at radius 2 is 1.67 bits per heavy atom. The average Bonchev–Trinajstić information content (AvgIpc) is 3.01. The summed E-state index contributed by atoms with van der Waals surface area (Å²) in [6, 6.07) is 12.3. The van der Waals surface area contributed by atoms with Crippen molar-refractivity contribution in [3.8, 4) is 0 Å². The first-order chi connectivity index (χ1) is 14.4. The van der Waals surface area contributed by atoms with Gasteiger partial charge in [-0.25, -0.2) is 0 Å². The molecule has 1 amide bonds. The lowest BCUT2D eigenvalue weighted by atomic mass is 9.90. The normalized spacial score (nSPS) is 22.0. The molecule has 2 aromatic carbocycles. The van der Waals surface area contributed by atoms with Gasteiger partial charge in [0.15, 0.2) is 0 Å². The number of benzene rings is 2. The van der Waals surface area contributed by atoms with Crippen molar-refractivity contribution in [2.24, 2.45) is 0 Å². The highest BCUT2D eigenvalue weighted by Crippen LogP contribution is 2.43. The van der Waals surface area contributed by atoms with Crippen LogP contribution in [-0.4, -0.2) is 27.7 Å². The Balaban J connectivity index is 1.90. The molecule has 1 unspecified atom stereocenters. The predicted octanol–water partition coefficient (Wildman–Crippen LogP) is 5.71. The van der Waals surface area contributed by atoms with Gasteiger partial charge in [0, 0.05) is 16.6 Å². The van der Waals surface area contributed by atoms with Crippen LogP contribution in [-0.2, 0) is 9.59 Å². The minimum atomic E-state index is -0.612. The van der Waals surface area contributed by atoms with Crippen molar-refractivity contribution in [1.29, 1.82) is 0 Å². The summed E-state index contributed by atoms with van der Waals surface area (Å²) in [5.74, 6) is -1.24. The van der Waals surface area contributed by atoms with Crippen molar-refractivity contribution in [2.45, 2.75) is 58.0 Å². The first-order valence-electron chi connectivity index (χ1n) is 10.5. The van der Waals surface area contributed by atoms with E-state index in [1.54, 1.807) is 17.0 Å². The first-order valence-corrected chi connectivity index (χ1v) is 10.9. The van der Waals surface area contributed by atoms with E-state index in [1.165, 1.54) is 0 Å². The quantitative estimate of drug-likeness (QED) is 0.390. The molecule has 1 N–H and O–H groups in total. The smallest absolute Gasteiger partial charge is 0.295 e. The summed E-state index contributed by atoms with van der Waals surface area (Å²) in [5.41, 5.74) is 3.39. The summed E-state index contributed by atoms with van der Waals surface area (Å²) >= 11 is 6.08. The standard InChI is InChI=1S/C25H26ClNO3/c1-15-8-9-16(2)20(14-15)23(28)21-22(17-10-12-18(26)13-11-17)27(25(30)24(21)29)19-6-4-3-5-7-19/h8-14,19,22,28H,3-7H2,1-2H3/b23-21+. The Bertz CT molecular complexity index is 1020. The van der Waals surface area contributed by atoms with Gasteiger partial charge in [0.05, 0.1) is 11.6 Å². The minimum Gasteiger partial charge on any atom is -0.507 e. The number of rotatable bonds is 3. The van der Waals surface area contributed by atoms with Crippen LogP contribution in [0.5, 0.6) is 0 Å². The SMILES string of the molecule is Cc1ccc(C)c(/C(O)=C2\C(=O)C(=O)N(C3CCCCC3)C2c2ccc(Cl)cc2)c1. The van der Waals surface area contributed by atoms with E-state index in [4.69, 9.17) is 11.6 Å². The van der Waals surface area contributed by atoms with Gasteiger partial charge in [0.1, 0.15) is 5.76 Å². The molecule has 1 aliphatic carbocycles. The molecule has 1 saturated heterocycles. The van der Waals surface area contributed by atoms with Crippen LogP contribution in [0.15, 0.2) is 48.0 Å². The average molecular weight is 424 g/mol. The van der Waals surface area contributed by atoms with Gasteiger partial charge < -0.3 is 10.0 Å². The topological polar surface area (TPSA) is 57.6 Å². The number of ketones is 1. The summed E-state index contributed by atoms with van der Waals surface area (Å²) in [6.45, 7) is 3.83. The van der Waals surface area contributed by atoms with Crippen molar-refractivity contribution in [3.05, 3.63) is 75.3 Å². The van der Waals surface area contributed by atoms with E-state index in [-0.39, 0.29) is 17.4 Å². The number of hydrogen-bond acceptors (Lipinski definition) is 3. The van der Waals surface area contributed by atoms with Crippen LogP contribution < -0.4 is 0 Å². The molecule has 0 radical (unpaired) electrons. The summed E-state index contributed by atoms with van der Waals surface area (Å²) < 4.78 is 0. The number of halogens is 1. The summed E-state index contributed by atoms with van der Waals surface area (Å²) in [4.78, 5) is 28.1. The van der Waals surface area contributed by atoms with Crippen LogP contribution >= 0.6 is 11.6 Å². The van der Waals surface area contributed by atoms with E-state index in [0.29, 0.717) is 10.6 Å². The van der Waals surface area contributed by atoms with Crippen LogP contribution in [0.3, 0.4) is 0 Å². The van der Waals surface area contributed by atoms with Crippen LogP contribution in [0.2, 0.25) is 5.02 Å². The van der Waals surface area contributed by atoms with E-state index >= 15 is 0 Å². The zero-order chi connectivity index (χ0) is 21.4. The fourth-order valence-electron chi connectivity index (χ4n) is 4.69. The fraction of sp³-hybridized carbons (Fsp3) is 0.360. The molecule has 1 atom stereocenters. The van der Waals surface area contributed by atoms with Crippen LogP contribution in [0.25, 0.3) is 5.76 Å². The van der Waals surface area contributed by atoms with E-state index < -0.39 is 17.7 Å². The van der Waals surface area contributed by atoms with Gasteiger partial charge in [-0.2, -0.15) is 0 Å². The second kappa shape index (κ2) is 8.27. The van der Waals surface area contributed by atoms with Gasteiger partial charge in [-0.15, -0.1) is 0 Å². The fourth-order valence-corrected chi connectivity index (χ4v) is 4.82. The highest BCUT2D eigenvalue weighted by molar-refractivity contribution is 6.46. The van der Waals surface area contributed by atoms with Gasteiger partial charge in [-0.05, 0) is 56.0 Å². The van der Waals surface area contributed by atoms with Gasteiger partial charge in [-0.1, -0.05) is 60.7 Å². The molecule has 2 aromatic rings. The maximum Gasteiger partial charge on any atom is 0.295 e. The van der Waals surface area contributed by atoms with Crippen molar-refractivity contribution in [1.82, 2.24) is 4.90 Å². The number of nitrogens with zero attached hydrogens (tertiary/aromatic N) is 1. The maximum absolute atomic E-state index is 13.2. The molecule has 30 heavy (non-hydrogen) atoms. The molecule has 4 nitrogen and oxygen atoms in total. The van der Waals surface area contributed by atoms with Crippen LogP contribution in [0.1, 0.15) is 60.4 Å². The molecule has 5 heteroatoms. The number of carbonyl (C=O) groups excluding carboxylic acids is 2. The second-order valence-corrected chi connectivity index (χ2v) is 8.80. The van der Waals surface area contributed by atoms with E-state index in [1.807, 2.05) is 44.2 Å². The second-order valence-electron chi connectivity index (χ2n) is 8.37. The maximum atomic E-state index is 13.2. The molecular weight excluding hydrogens is 398 g/mol. The molecule has 2 aliphatic rings. The minimum absolute atomic E-state index is 0.000200. The van der Waals surface area contributed by atoms with E-state index in [0.717, 1.165) is 48.8 Å². The Hall–Kier alpha value is -2.59. The van der Waals surface area contributed by atoms with E-state index in [9.17, 15) is 14.7 Å². The number of aliphatic hydroxyl groups is 1. The number of Topliss-reactive ketones (excluding diaryl/α,β-unsaturated/α-hetero) is 1. The Labute approximate surface area is 182 Å². The molecule has 4 rings (SSSR count). The van der Waals surface area contributed by atoms with E-state index in [2.05, 4.69) is 0 Å². The van der Waals surface area contributed by atoms with Crippen molar-refractivity contribution < 1.29 is 14.7 Å². The number of aryl methyl sites for hydroxylation is 2. The molecule has 0 bridgehead atoms. The van der Waals surface area contributed by atoms with Crippen molar-refractivity contribution in [2.75, 3.05) is 0 Å². The zero-order valence-corrected chi connectivity index (χ0v) is 18.1. The molecule has 1 saturated carbocycles. The van der Waals surface area contributed by atoms with Gasteiger partial charge in [0.25, 0.3) is 11.7 Å². The third-order valence-corrected chi connectivity index (χ3v) is 6.53. The Kier molecular flexibility index (Phi) is 5.70. The molecule has 1 aliphatic heterocycles. The van der Waals surface area contributed by atoms with Gasteiger partial charge >= 0.3 is 0 Å². The molecule has 156 valence electrons. The summed E-state index contributed by atoms with van der Waals surface area (Å²) in [5, 5.41) is 11.9. The lowest BCUT2D eigenvalue weighted by Crippen LogP contribution is -2.40. The number of amides is 1. The molecular formula is C25H26ClNO3. The number of aliphatic hydroxyl groups excluding tert-OH is 1. The van der Waals surface area contributed by atoms with Gasteiger partial charge in [0.2, 0.25) is 0 Å². The monoisotopic (exact) mass is 423 g/mol. The number of likely N-dealkylation sites (tertiary alicyclic amines) is 1. The third kappa shape index (κ3) is 3.65. The Morgan fingerprint density at radius 3 is 2.33 bits per heavy atom. The first kappa shape index (κ1) is 20.7. The lowest BCUT2D eigenvalue weighted by Gasteiger charge is -2.35. The van der Waals surface area contributed by atoms with Crippen molar-refractivity contribution in [3.63, 3.8) is 0 Å². The largest absolute Gasteiger partial charge is 0.507 e. The van der Waals surface area contributed by atoms with Gasteiger partial charge in [-0.3, -0.25) is 9.59 Å². The Morgan fingerprint density at radius 1 is 1.00 bits per heavy atom. The molecule has 0 spiro atoms. The lowest BCUT2D eigenvalue weighted by molar-refractivity contribution is -0.141. The summed E-state index contributed by atoms with van der Waals surface area (Å²) in [7, 11) is 0. The summed E-state index contributed by atoms with van der Waals surface area (Å²) in [6.07, 6.45) is 4.98. The highest BCUT2D eigenvalue weighted by atomic mass is 35.5. The number of hydrogen-bond donors (Lipinski definition) is 1. The zero-order valence-electron chi connectivity index (χ0n) is 17.3. The third-order valence-electron chi connectivity index (χ3n) is 6.28. The molecule has 1 heterocycles. The van der Waals surface area contributed by atoms with Crippen LogP contribution in [0, 0.1) is 13.8 Å². The number of carbonyl (C=O) groups is 2. The molecule has 0 aromatic heterocycles.